The van der Waals surface area contributed by atoms with Gasteiger partial charge in [-0.15, -0.1) is 0 Å². The number of benzene rings is 3. The molecule has 0 aliphatic rings. The topological polar surface area (TPSA) is 112 Å². The number of ether oxygens (including phenoxy) is 4. The van der Waals surface area contributed by atoms with Crippen LogP contribution in [0.4, 0.5) is 11.4 Å². The Morgan fingerprint density at radius 2 is 1.33 bits per heavy atom. The van der Waals surface area contributed by atoms with Gasteiger partial charge in [0.1, 0.15) is 11.5 Å². The summed E-state index contributed by atoms with van der Waals surface area (Å²) in [6.45, 7) is -0.319. The van der Waals surface area contributed by atoms with Crippen LogP contribution in [-0.4, -0.2) is 42.3 Å². The van der Waals surface area contributed by atoms with Crippen LogP contribution in [0.3, 0.4) is 0 Å². The molecule has 0 heterocycles. The molecule has 0 atom stereocenters. The van der Waals surface area contributed by atoms with E-state index in [0.29, 0.717) is 17.2 Å². The maximum absolute atomic E-state index is 12.9. The maximum Gasteiger partial charge on any atom is 0.262 e. The SMILES string of the molecule is COc1ccc(S(=O)(=O)Nc2ccccc2OC)cc1NC(=O)COc1ccccc1OC. The zero-order valence-corrected chi connectivity index (χ0v) is 19.1. The van der Waals surface area contributed by atoms with Crippen molar-refractivity contribution in [1.29, 1.82) is 0 Å². The molecule has 0 saturated heterocycles. The second-order valence-corrected chi connectivity index (χ2v) is 8.34. The summed E-state index contributed by atoms with van der Waals surface area (Å²) >= 11 is 0. The summed E-state index contributed by atoms with van der Waals surface area (Å²) in [5.41, 5.74) is 0.459. The molecule has 0 aliphatic carbocycles. The average molecular weight is 473 g/mol. The molecule has 0 saturated carbocycles. The summed E-state index contributed by atoms with van der Waals surface area (Å²) in [5.74, 6) is 1.04. The predicted octanol–water partition coefficient (Wildman–Crippen LogP) is 3.53. The lowest BCUT2D eigenvalue weighted by Gasteiger charge is -2.15. The third-order valence-electron chi connectivity index (χ3n) is 4.53. The standard InChI is InChI=1S/C23H24N2O7S/c1-29-19-9-5-4-8-17(19)25-33(27,28)16-12-13-20(30-2)18(14-16)24-23(26)15-32-22-11-7-6-10-21(22)31-3/h4-14,25H,15H2,1-3H3,(H,24,26). The van der Waals surface area contributed by atoms with E-state index in [9.17, 15) is 13.2 Å². The minimum atomic E-state index is -3.98. The molecular weight excluding hydrogens is 448 g/mol. The lowest BCUT2D eigenvalue weighted by atomic mass is 10.3. The van der Waals surface area contributed by atoms with Crippen LogP contribution >= 0.6 is 0 Å². The number of hydrogen-bond acceptors (Lipinski definition) is 7. The van der Waals surface area contributed by atoms with Gasteiger partial charge >= 0.3 is 0 Å². The summed E-state index contributed by atoms with van der Waals surface area (Å²) in [7, 11) is 0.380. The molecule has 0 radical (unpaired) electrons. The van der Waals surface area contributed by atoms with Crippen molar-refractivity contribution >= 4 is 27.3 Å². The molecule has 0 aliphatic heterocycles. The Balaban J connectivity index is 1.78. The number of sulfonamides is 1. The fraction of sp³-hybridized carbons (Fsp3) is 0.174. The number of carbonyl (C=O) groups excluding carboxylic acids is 1. The summed E-state index contributed by atoms with van der Waals surface area (Å²) in [6, 6.07) is 17.7. The van der Waals surface area contributed by atoms with Gasteiger partial charge in [0.15, 0.2) is 18.1 Å². The second kappa shape index (κ2) is 10.6. The van der Waals surface area contributed by atoms with Gasteiger partial charge in [-0.2, -0.15) is 0 Å². The Bertz CT molecular complexity index is 1230. The van der Waals surface area contributed by atoms with Crippen LogP contribution in [0.1, 0.15) is 0 Å². The van der Waals surface area contributed by atoms with Crippen LogP contribution in [0.5, 0.6) is 23.0 Å². The number of anilines is 2. The Morgan fingerprint density at radius 1 is 0.758 bits per heavy atom. The largest absolute Gasteiger partial charge is 0.495 e. The maximum atomic E-state index is 12.9. The monoisotopic (exact) mass is 472 g/mol. The first-order valence-electron chi connectivity index (χ1n) is 9.77. The van der Waals surface area contributed by atoms with Crippen LogP contribution in [0.2, 0.25) is 0 Å². The van der Waals surface area contributed by atoms with Crippen LogP contribution in [0.15, 0.2) is 71.6 Å². The number of methoxy groups -OCH3 is 3. The Kier molecular flexibility index (Phi) is 7.62. The van der Waals surface area contributed by atoms with E-state index in [-0.39, 0.29) is 28.6 Å². The third kappa shape index (κ3) is 5.86. The highest BCUT2D eigenvalue weighted by Crippen LogP contribution is 2.31. The van der Waals surface area contributed by atoms with Gasteiger partial charge in [-0.25, -0.2) is 8.42 Å². The lowest BCUT2D eigenvalue weighted by Crippen LogP contribution is -2.21. The molecule has 3 aromatic rings. The molecule has 9 nitrogen and oxygen atoms in total. The van der Waals surface area contributed by atoms with Crippen molar-refractivity contribution in [2.75, 3.05) is 38.0 Å². The van der Waals surface area contributed by atoms with Crippen LogP contribution in [-0.2, 0) is 14.8 Å². The molecule has 33 heavy (non-hydrogen) atoms. The van der Waals surface area contributed by atoms with Crippen molar-refractivity contribution in [2.45, 2.75) is 4.90 Å². The zero-order valence-electron chi connectivity index (χ0n) is 18.3. The first-order chi connectivity index (χ1) is 15.9. The second-order valence-electron chi connectivity index (χ2n) is 6.66. The number of hydrogen-bond donors (Lipinski definition) is 2. The fourth-order valence-electron chi connectivity index (χ4n) is 2.95. The molecule has 0 spiro atoms. The van der Waals surface area contributed by atoms with E-state index in [0.717, 1.165) is 0 Å². The Morgan fingerprint density at radius 3 is 2.00 bits per heavy atom. The molecule has 3 aromatic carbocycles. The Hall–Kier alpha value is -3.92. The number of amides is 1. The first kappa shape index (κ1) is 23.7. The van der Waals surface area contributed by atoms with Crippen molar-refractivity contribution in [3.63, 3.8) is 0 Å². The Labute approximate surface area is 192 Å². The number of carbonyl (C=O) groups is 1. The molecular formula is C23H24N2O7S. The fourth-order valence-corrected chi connectivity index (χ4v) is 4.05. The summed E-state index contributed by atoms with van der Waals surface area (Å²) in [4.78, 5) is 12.4. The van der Waals surface area contributed by atoms with E-state index in [1.807, 2.05) is 0 Å². The van der Waals surface area contributed by atoms with E-state index in [1.165, 1.54) is 39.5 Å². The molecule has 0 bridgehead atoms. The van der Waals surface area contributed by atoms with Gasteiger partial charge in [0.25, 0.3) is 15.9 Å². The average Bonchev–Trinajstić information content (AvgIpc) is 2.83. The quantitative estimate of drug-likeness (QED) is 0.464. The molecule has 2 N–H and O–H groups in total. The predicted molar refractivity (Wildman–Crippen MR) is 124 cm³/mol. The van der Waals surface area contributed by atoms with Gasteiger partial charge < -0.3 is 24.3 Å². The van der Waals surface area contributed by atoms with Crippen molar-refractivity contribution in [2.24, 2.45) is 0 Å². The van der Waals surface area contributed by atoms with Gasteiger partial charge in [0.05, 0.1) is 37.6 Å². The van der Waals surface area contributed by atoms with Crippen LogP contribution in [0.25, 0.3) is 0 Å². The molecule has 3 rings (SSSR count). The summed E-state index contributed by atoms with van der Waals surface area (Å²) in [6.07, 6.45) is 0. The van der Waals surface area contributed by atoms with E-state index in [2.05, 4.69) is 10.0 Å². The molecule has 0 fully saturated rings. The first-order valence-corrected chi connectivity index (χ1v) is 11.3. The van der Waals surface area contributed by atoms with E-state index >= 15 is 0 Å². The zero-order chi connectivity index (χ0) is 23.8. The minimum Gasteiger partial charge on any atom is -0.495 e. The van der Waals surface area contributed by atoms with Gasteiger partial charge in [-0.1, -0.05) is 24.3 Å². The van der Waals surface area contributed by atoms with Gasteiger partial charge in [0, 0.05) is 0 Å². The van der Waals surface area contributed by atoms with Crippen LogP contribution in [0, 0.1) is 0 Å². The number of para-hydroxylation sites is 4. The minimum absolute atomic E-state index is 0.0739. The van der Waals surface area contributed by atoms with E-state index in [1.54, 1.807) is 48.5 Å². The van der Waals surface area contributed by atoms with E-state index < -0.39 is 15.9 Å². The highest BCUT2D eigenvalue weighted by molar-refractivity contribution is 7.92. The van der Waals surface area contributed by atoms with Crippen molar-refractivity contribution in [3.8, 4) is 23.0 Å². The molecule has 1 amide bonds. The lowest BCUT2D eigenvalue weighted by molar-refractivity contribution is -0.118. The summed E-state index contributed by atoms with van der Waals surface area (Å²) < 4.78 is 49.5. The number of rotatable bonds is 10. The van der Waals surface area contributed by atoms with Crippen molar-refractivity contribution in [1.82, 2.24) is 0 Å². The molecule has 10 heteroatoms. The van der Waals surface area contributed by atoms with Crippen molar-refractivity contribution in [3.05, 3.63) is 66.7 Å². The highest BCUT2D eigenvalue weighted by Gasteiger charge is 2.19. The van der Waals surface area contributed by atoms with Gasteiger partial charge in [0.2, 0.25) is 0 Å². The number of nitrogens with one attached hydrogen (secondary N) is 2. The van der Waals surface area contributed by atoms with Gasteiger partial charge in [-0.3, -0.25) is 9.52 Å². The van der Waals surface area contributed by atoms with Crippen LogP contribution < -0.4 is 29.0 Å². The molecule has 174 valence electrons. The van der Waals surface area contributed by atoms with Crippen molar-refractivity contribution < 1.29 is 32.2 Å². The third-order valence-corrected chi connectivity index (χ3v) is 5.90. The smallest absolute Gasteiger partial charge is 0.262 e. The normalized spacial score (nSPS) is 10.8. The molecule has 0 unspecified atom stereocenters. The molecule has 0 aromatic heterocycles. The highest BCUT2D eigenvalue weighted by atomic mass is 32.2. The summed E-state index contributed by atoms with van der Waals surface area (Å²) in [5, 5.41) is 2.62. The van der Waals surface area contributed by atoms with Gasteiger partial charge in [-0.05, 0) is 42.5 Å². The van der Waals surface area contributed by atoms with E-state index in [4.69, 9.17) is 18.9 Å².